The van der Waals surface area contributed by atoms with Crippen LogP contribution in [0.4, 0.5) is 5.69 Å². The van der Waals surface area contributed by atoms with E-state index in [0.717, 1.165) is 37.4 Å². The molecule has 1 saturated heterocycles. The second-order valence-electron chi connectivity index (χ2n) is 7.13. The summed E-state index contributed by atoms with van der Waals surface area (Å²) >= 11 is 6.09. The summed E-state index contributed by atoms with van der Waals surface area (Å²) in [6.45, 7) is 7.97. The minimum atomic E-state index is -0.217. The number of hydrogen-bond acceptors (Lipinski definition) is 4. The second kappa shape index (κ2) is 8.74. The van der Waals surface area contributed by atoms with E-state index in [9.17, 15) is 4.79 Å². The molecule has 3 rings (SSSR count). The van der Waals surface area contributed by atoms with Gasteiger partial charge in [0, 0.05) is 26.2 Å². The van der Waals surface area contributed by atoms with Gasteiger partial charge in [0.25, 0.3) is 5.91 Å². The first-order valence-corrected chi connectivity index (χ1v) is 9.56. The highest BCUT2D eigenvalue weighted by atomic mass is 35.5. The van der Waals surface area contributed by atoms with Crippen molar-refractivity contribution in [1.82, 2.24) is 10.2 Å². The lowest BCUT2D eigenvalue weighted by Crippen LogP contribution is -2.40. The van der Waals surface area contributed by atoms with Crippen LogP contribution in [-0.2, 0) is 17.8 Å². The Kier molecular flexibility index (Phi) is 6.37. The van der Waals surface area contributed by atoms with E-state index in [0.29, 0.717) is 22.8 Å². The molecule has 1 aliphatic heterocycles. The molecular weight excluding hydrogens is 362 g/mol. The normalized spacial score (nSPS) is 17.7. The van der Waals surface area contributed by atoms with E-state index in [1.54, 1.807) is 12.1 Å². The number of anilines is 1. The molecule has 5 nitrogen and oxygen atoms in total. The number of carbonyl (C=O) groups is 1. The number of halogens is 1. The molecule has 27 heavy (non-hydrogen) atoms. The van der Waals surface area contributed by atoms with Crippen LogP contribution < -0.4 is 11.1 Å². The summed E-state index contributed by atoms with van der Waals surface area (Å²) in [5, 5.41) is 3.34. The molecule has 0 aliphatic carbocycles. The van der Waals surface area contributed by atoms with Gasteiger partial charge in [0.2, 0.25) is 0 Å². The molecule has 1 unspecified atom stereocenters. The highest BCUT2D eigenvalue weighted by Crippen LogP contribution is 2.24. The van der Waals surface area contributed by atoms with Crippen LogP contribution in [-0.4, -0.2) is 36.6 Å². The lowest BCUT2D eigenvalue weighted by atomic mass is 10.1. The van der Waals surface area contributed by atoms with Gasteiger partial charge in [0.15, 0.2) is 0 Å². The van der Waals surface area contributed by atoms with Crippen molar-refractivity contribution in [3.63, 3.8) is 0 Å². The van der Waals surface area contributed by atoms with Gasteiger partial charge < -0.3 is 15.8 Å². The zero-order valence-corrected chi connectivity index (χ0v) is 16.6. The predicted octanol–water partition coefficient (Wildman–Crippen LogP) is 3.38. The summed E-state index contributed by atoms with van der Waals surface area (Å²) in [4.78, 5) is 14.9. The maximum atomic E-state index is 12.5. The van der Waals surface area contributed by atoms with Gasteiger partial charge in [-0.1, -0.05) is 35.9 Å². The van der Waals surface area contributed by atoms with Gasteiger partial charge in [0.1, 0.15) is 0 Å². The molecule has 3 N–H and O–H groups in total. The number of nitrogens with zero attached hydrogens (tertiary/aromatic N) is 1. The molecule has 6 heteroatoms. The predicted molar refractivity (Wildman–Crippen MR) is 109 cm³/mol. The van der Waals surface area contributed by atoms with E-state index in [2.05, 4.69) is 29.3 Å². The molecule has 1 aliphatic rings. The smallest absolute Gasteiger partial charge is 0.253 e. The summed E-state index contributed by atoms with van der Waals surface area (Å²) in [5.74, 6) is -0.217. The molecule has 0 saturated carbocycles. The Morgan fingerprint density at radius 1 is 1.33 bits per heavy atom. The molecule has 0 aromatic heterocycles. The molecule has 1 atom stereocenters. The van der Waals surface area contributed by atoms with Gasteiger partial charge in [-0.2, -0.15) is 0 Å². The van der Waals surface area contributed by atoms with E-state index in [4.69, 9.17) is 22.1 Å². The Hall–Kier alpha value is -2.08. The number of aryl methyl sites for hydroxylation is 1. The molecular formula is C21H26ClN3O2. The van der Waals surface area contributed by atoms with Crippen LogP contribution in [0.25, 0.3) is 0 Å². The molecule has 1 heterocycles. The van der Waals surface area contributed by atoms with E-state index in [1.165, 1.54) is 5.56 Å². The highest BCUT2D eigenvalue weighted by Gasteiger charge is 2.17. The highest BCUT2D eigenvalue weighted by molar-refractivity contribution is 6.34. The zero-order chi connectivity index (χ0) is 19.4. The van der Waals surface area contributed by atoms with Crippen molar-refractivity contribution in [2.75, 3.05) is 25.4 Å². The Morgan fingerprint density at radius 2 is 2.11 bits per heavy atom. The van der Waals surface area contributed by atoms with Crippen molar-refractivity contribution in [1.29, 1.82) is 0 Å². The van der Waals surface area contributed by atoms with E-state index in [1.807, 2.05) is 19.1 Å². The third-order valence-corrected chi connectivity index (χ3v) is 5.01. The van der Waals surface area contributed by atoms with Gasteiger partial charge in [0.05, 0.1) is 29.0 Å². The van der Waals surface area contributed by atoms with Crippen LogP contribution in [0.2, 0.25) is 5.02 Å². The average molecular weight is 388 g/mol. The van der Waals surface area contributed by atoms with E-state index >= 15 is 0 Å². The maximum Gasteiger partial charge on any atom is 0.253 e. The molecule has 0 bridgehead atoms. The summed E-state index contributed by atoms with van der Waals surface area (Å²) in [7, 11) is 0. The number of nitrogen functional groups attached to an aromatic ring is 1. The van der Waals surface area contributed by atoms with Crippen LogP contribution in [0.1, 0.15) is 34.0 Å². The maximum absolute atomic E-state index is 12.5. The lowest BCUT2D eigenvalue weighted by Gasteiger charge is -2.31. The fourth-order valence-electron chi connectivity index (χ4n) is 3.35. The topological polar surface area (TPSA) is 67.6 Å². The summed E-state index contributed by atoms with van der Waals surface area (Å²) < 4.78 is 5.59. The van der Waals surface area contributed by atoms with Crippen molar-refractivity contribution in [3.05, 3.63) is 63.7 Å². The number of hydrogen-bond donors (Lipinski definition) is 2. The zero-order valence-electron chi connectivity index (χ0n) is 15.8. The minimum Gasteiger partial charge on any atom is -0.397 e. The number of morpholine rings is 1. The average Bonchev–Trinajstić information content (AvgIpc) is 2.63. The van der Waals surface area contributed by atoms with Crippen molar-refractivity contribution in [3.8, 4) is 0 Å². The largest absolute Gasteiger partial charge is 0.397 e. The Morgan fingerprint density at radius 3 is 2.89 bits per heavy atom. The van der Waals surface area contributed by atoms with Crippen LogP contribution in [0.3, 0.4) is 0 Å². The summed E-state index contributed by atoms with van der Waals surface area (Å²) in [6, 6.07) is 11.8. The van der Waals surface area contributed by atoms with Crippen molar-refractivity contribution in [2.45, 2.75) is 33.0 Å². The van der Waals surface area contributed by atoms with Crippen molar-refractivity contribution < 1.29 is 9.53 Å². The molecule has 1 fully saturated rings. The van der Waals surface area contributed by atoms with Gasteiger partial charge >= 0.3 is 0 Å². The number of nitrogens with one attached hydrogen (secondary N) is 1. The quantitative estimate of drug-likeness (QED) is 0.772. The molecule has 144 valence electrons. The molecule has 1 amide bonds. The number of benzene rings is 2. The van der Waals surface area contributed by atoms with Crippen LogP contribution in [0, 0.1) is 6.92 Å². The van der Waals surface area contributed by atoms with E-state index in [-0.39, 0.29) is 12.0 Å². The molecule has 0 spiro atoms. The minimum absolute atomic E-state index is 0.217. The number of carbonyl (C=O) groups excluding carboxylic acids is 1. The van der Waals surface area contributed by atoms with Crippen LogP contribution in [0.15, 0.2) is 36.4 Å². The standard InChI is InChI=1S/C21H26ClN3O2/c1-14-8-18(20(23)19(22)9-14)21(26)24-11-16-4-3-5-17(10-16)13-25-6-7-27-15(2)12-25/h3-5,8-10,15H,6-7,11-13,23H2,1-2H3,(H,24,26). The van der Waals surface area contributed by atoms with E-state index < -0.39 is 0 Å². The van der Waals surface area contributed by atoms with Gasteiger partial charge in [-0.25, -0.2) is 0 Å². The van der Waals surface area contributed by atoms with Gasteiger partial charge in [-0.15, -0.1) is 0 Å². The first kappa shape index (κ1) is 19.7. The fraction of sp³-hybridized carbons (Fsp3) is 0.381. The third kappa shape index (κ3) is 5.22. The van der Waals surface area contributed by atoms with Crippen molar-refractivity contribution >= 4 is 23.2 Å². The number of rotatable bonds is 5. The van der Waals surface area contributed by atoms with Crippen LogP contribution >= 0.6 is 11.6 Å². The Labute approximate surface area is 165 Å². The van der Waals surface area contributed by atoms with Crippen LogP contribution in [0.5, 0.6) is 0 Å². The molecule has 2 aromatic carbocycles. The first-order chi connectivity index (χ1) is 12.9. The number of amides is 1. The Balaban J connectivity index is 1.62. The first-order valence-electron chi connectivity index (χ1n) is 9.18. The lowest BCUT2D eigenvalue weighted by molar-refractivity contribution is -0.0212. The van der Waals surface area contributed by atoms with Gasteiger partial charge in [-0.3, -0.25) is 9.69 Å². The number of ether oxygens (including phenoxy) is 1. The SMILES string of the molecule is Cc1cc(Cl)c(N)c(C(=O)NCc2cccc(CN3CCOC(C)C3)c2)c1. The molecule has 2 aromatic rings. The van der Waals surface area contributed by atoms with Gasteiger partial charge in [-0.05, 0) is 42.7 Å². The number of nitrogens with two attached hydrogens (primary N) is 1. The monoisotopic (exact) mass is 387 g/mol. The second-order valence-corrected chi connectivity index (χ2v) is 7.53. The Bertz CT molecular complexity index is 825. The fourth-order valence-corrected chi connectivity index (χ4v) is 3.62. The molecule has 0 radical (unpaired) electrons. The summed E-state index contributed by atoms with van der Waals surface area (Å²) in [6.07, 6.45) is 0.271. The third-order valence-electron chi connectivity index (χ3n) is 4.69. The summed E-state index contributed by atoms with van der Waals surface area (Å²) in [5.41, 5.74) is 9.87. The van der Waals surface area contributed by atoms with Crippen molar-refractivity contribution in [2.24, 2.45) is 0 Å².